The zero-order valence-corrected chi connectivity index (χ0v) is 16.5. The first-order chi connectivity index (χ1) is 13.7. The summed E-state index contributed by atoms with van der Waals surface area (Å²) in [5.74, 6) is 1.16. The predicted molar refractivity (Wildman–Crippen MR) is 109 cm³/mol. The smallest absolute Gasteiger partial charge is 0.247 e. The Balaban J connectivity index is 1.41. The Kier molecular flexibility index (Phi) is 4.26. The highest BCUT2D eigenvalue weighted by molar-refractivity contribution is 7.16. The summed E-state index contributed by atoms with van der Waals surface area (Å²) in [6, 6.07) is 13.2. The van der Waals surface area contributed by atoms with Gasteiger partial charge in [-0.3, -0.25) is 0 Å². The molecule has 0 N–H and O–H groups in total. The van der Waals surface area contributed by atoms with Crippen molar-refractivity contribution in [2.24, 2.45) is 0 Å². The first-order valence-electron chi connectivity index (χ1n) is 8.82. The third kappa shape index (κ3) is 3.12. The highest BCUT2D eigenvalue weighted by Gasteiger charge is 2.15. The number of oxazole rings is 1. The van der Waals surface area contributed by atoms with Crippen molar-refractivity contribution < 1.29 is 9.15 Å². The standard InChI is InChI=1S/C20H15ClN4O2S/c1-2-18-24-25-10-16(23-20(25)28-18)19-22-15-8-7-13(9-17(15)27-19)26-11-12-5-3-4-6-14(12)21/h3-10H,2,11H2,1H3. The molecular weight excluding hydrogens is 396 g/mol. The van der Waals surface area contributed by atoms with Gasteiger partial charge in [-0.2, -0.15) is 5.10 Å². The number of benzene rings is 2. The van der Waals surface area contributed by atoms with Gasteiger partial charge < -0.3 is 9.15 Å². The van der Waals surface area contributed by atoms with E-state index in [2.05, 4.69) is 22.0 Å². The fourth-order valence-corrected chi connectivity index (χ4v) is 3.87. The molecule has 6 nitrogen and oxygen atoms in total. The number of nitrogens with zero attached hydrogens (tertiary/aromatic N) is 4. The molecule has 0 unspecified atom stereocenters. The van der Waals surface area contributed by atoms with E-state index < -0.39 is 0 Å². The van der Waals surface area contributed by atoms with Crippen LogP contribution in [0.4, 0.5) is 0 Å². The van der Waals surface area contributed by atoms with Gasteiger partial charge in [-0.05, 0) is 24.6 Å². The fourth-order valence-electron chi connectivity index (χ4n) is 2.87. The second kappa shape index (κ2) is 6.92. The van der Waals surface area contributed by atoms with Crippen molar-refractivity contribution in [2.75, 3.05) is 0 Å². The number of imidazole rings is 1. The number of ether oxygens (including phenoxy) is 1. The number of aryl methyl sites for hydroxylation is 1. The van der Waals surface area contributed by atoms with E-state index >= 15 is 0 Å². The van der Waals surface area contributed by atoms with Gasteiger partial charge in [-0.1, -0.05) is 48.1 Å². The van der Waals surface area contributed by atoms with Crippen LogP contribution >= 0.6 is 22.9 Å². The van der Waals surface area contributed by atoms with E-state index in [1.54, 1.807) is 15.9 Å². The van der Waals surface area contributed by atoms with E-state index in [1.807, 2.05) is 48.7 Å². The lowest BCUT2D eigenvalue weighted by molar-refractivity contribution is 0.306. The van der Waals surface area contributed by atoms with Gasteiger partial charge in [0, 0.05) is 16.7 Å². The molecule has 0 radical (unpaired) electrons. The van der Waals surface area contributed by atoms with Crippen LogP contribution in [0.3, 0.4) is 0 Å². The summed E-state index contributed by atoms with van der Waals surface area (Å²) in [5, 5.41) is 6.21. The molecule has 5 rings (SSSR count). The van der Waals surface area contributed by atoms with Crippen LogP contribution in [0.15, 0.2) is 53.1 Å². The minimum Gasteiger partial charge on any atom is -0.489 e. The highest BCUT2D eigenvalue weighted by atomic mass is 35.5. The van der Waals surface area contributed by atoms with Gasteiger partial charge in [0.15, 0.2) is 5.58 Å². The molecule has 0 fully saturated rings. The molecular formula is C20H15ClN4O2S. The van der Waals surface area contributed by atoms with Crippen LogP contribution in [0, 0.1) is 0 Å². The SMILES string of the molecule is CCc1nn2cc(-c3nc4ccc(OCc5ccccc5Cl)cc4o3)nc2s1. The quantitative estimate of drug-likeness (QED) is 0.388. The topological polar surface area (TPSA) is 65.5 Å². The largest absolute Gasteiger partial charge is 0.489 e. The summed E-state index contributed by atoms with van der Waals surface area (Å²) in [4.78, 5) is 9.93. The van der Waals surface area contributed by atoms with Crippen LogP contribution < -0.4 is 4.74 Å². The Morgan fingerprint density at radius 3 is 2.89 bits per heavy atom. The van der Waals surface area contributed by atoms with Gasteiger partial charge >= 0.3 is 0 Å². The number of rotatable bonds is 5. The second-order valence-corrected chi connectivity index (χ2v) is 7.68. The molecule has 2 aromatic carbocycles. The van der Waals surface area contributed by atoms with E-state index in [9.17, 15) is 0 Å². The molecule has 0 atom stereocenters. The maximum absolute atomic E-state index is 6.18. The van der Waals surface area contributed by atoms with Crippen molar-refractivity contribution >= 4 is 39.0 Å². The molecule has 3 heterocycles. The Morgan fingerprint density at radius 2 is 2.07 bits per heavy atom. The summed E-state index contributed by atoms with van der Waals surface area (Å²) < 4.78 is 13.5. The van der Waals surface area contributed by atoms with E-state index in [-0.39, 0.29) is 0 Å². The van der Waals surface area contributed by atoms with Crippen LogP contribution in [-0.2, 0) is 13.0 Å². The zero-order valence-electron chi connectivity index (χ0n) is 14.9. The first-order valence-corrected chi connectivity index (χ1v) is 10.0. The molecule has 5 aromatic rings. The molecule has 0 amide bonds. The van der Waals surface area contributed by atoms with Crippen LogP contribution in [0.1, 0.15) is 17.5 Å². The van der Waals surface area contributed by atoms with Crippen molar-refractivity contribution in [3.8, 4) is 17.3 Å². The van der Waals surface area contributed by atoms with Gasteiger partial charge in [0.05, 0.1) is 6.20 Å². The maximum Gasteiger partial charge on any atom is 0.247 e. The molecule has 3 aromatic heterocycles. The Hall–Kier alpha value is -2.90. The van der Waals surface area contributed by atoms with E-state index in [1.165, 1.54) is 0 Å². The van der Waals surface area contributed by atoms with Crippen molar-refractivity contribution in [3.05, 3.63) is 64.3 Å². The minimum atomic E-state index is 0.384. The van der Waals surface area contributed by atoms with Gasteiger partial charge in [-0.15, -0.1) is 0 Å². The number of halogens is 1. The van der Waals surface area contributed by atoms with E-state index in [0.29, 0.717) is 34.5 Å². The first kappa shape index (κ1) is 17.2. The molecule has 140 valence electrons. The van der Waals surface area contributed by atoms with Gasteiger partial charge in [0.2, 0.25) is 10.9 Å². The molecule has 0 bridgehead atoms. The molecule has 8 heteroatoms. The van der Waals surface area contributed by atoms with Crippen LogP contribution in [-0.4, -0.2) is 19.6 Å². The Morgan fingerprint density at radius 1 is 1.18 bits per heavy atom. The molecule has 0 saturated heterocycles. The summed E-state index contributed by atoms with van der Waals surface area (Å²) in [6.45, 7) is 2.46. The Labute approximate surface area is 169 Å². The molecule has 0 aliphatic rings. The third-order valence-electron chi connectivity index (χ3n) is 4.32. The normalized spacial score (nSPS) is 11.5. The number of fused-ring (bicyclic) bond motifs is 2. The Bertz CT molecular complexity index is 1260. The van der Waals surface area contributed by atoms with Crippen LogP contribution in [0.5, 0.6) is 5.75 Å². The number of hydrogen-bond acceptors (Lipinski definition) is 6. The highest BCUT2D eigenvalue weighted by Crippen LogP contribution is 2.28. The summed E-state index contributed by atoms with van der Waals surface area (Å²) >= 11 is 7.75. The fraction of sp³-hybridized carbons (Fsp3) is 0.150. The van der Waals surface area contributed by atoms with E-state index in [0.717, 1.165) is 27.5 Å². The monoisotopic (exact) mass is 410 g/mol. The van der Waals surface area contributed by atoms with Crippen molar-refractivity contribution in [2.45, 2.75) is 20.0 Å². The third-order valence-corrected chi connectivity index (χ3v) is 5.75. The second-order valence-electron chi connectivity index (χ2n) is 6.23. The molecule has 0 saturated carbocycles. The molecule has 0 aliphatic heterocycles. The average Bonchev–Trinajstić information content (AvgIpc) is 3.39. The van der Waals surface area contributed by atoms with Crippen molar-refractivity contribution in [3.63, 3.8) is 0 Å². The maximum atomic E-state index is 6.18. The van der Waals surface area contributed by atoms with Gasteiger partial charge in [0.1, 0.15) is 28.6 Å². The summed E-state index contributed by atoms with van der Waals surface area (Å²) in [7, 11) is 0. The summed E-state index contributed by atoms with van der Waals surface area (Å²) in [6.07, 6.45) is 2.73. The van der Waals surface area contributed by atoms with Gasteiger partial charge in [0.25, 0.3) is 0 Å². The van der Waals surface area contributed by atoms with E-state index in [4.69, 9.17) is 20.8 Å². The zero-order chi connectivity index (χ0) is 19.1. The van der Waals surface area contributed by atoms with Crippen LogP contribution in [0.25, 0.3) is 27.6 Å². The number of aromatic nitrogens is 4. The lowest BCUT2D eigenvalue weighted by Crippen LogP contribution is -1.95. The molecule has 0 spiro atoms. The minimum absolute atomic E-state index is 0.384. The van der Waals surface area contributed by atoms with Crippen LogP contribution in [0.2, 0.25) is 5.02 Å². The lowest BCUT2D eigenvalue weighted by Gasteiger charge is -2.07. The molecule has 0 aliphatic carbocycles. The number of hydrogen-bond donors (Lipinski definition) is 0. The average molecular weight is 411 g/mol. The predicted octanol–water partition coefficient (Wildman–Crippen LogP) is 5.39. The van der Waals surface area contributed by atoms with Crippen molar-refractivity contribution in [1.82, 2.24) is 19.6 Å². The van der Waals surface area contributed by atoms with Crippen molar-refractivity contribution in [1.29, 1.82) is 0 Å². The van der Waals surface area contributed by atoms with Gasteiger partial charge in [-0.25, -0.2) is 14.5 Å². The lowest BCUT2D eigenvalue weighted by atomic mass is 10.2. The molecule has 28 heavy (non-hydrogen) atoms. The summed E-state index contributed by atoms with van der Waals surface area (Å²) in [5.41, 5.74) is 2.99.